The number of ether oxygens (including phenoxy) is 2. The fraction of sp³-hybridized carbons (Fsp3) is 0.841. The topological polar surface area (TPSA) is 253 Å². The van der Waals surface area contributed by atoms with Gasteiger partial charge in [0.1, 0.15) is 18.5 Å². The predicted molar refractivity (Wildman–Crippen MR) is 236 cm³/mol. The van der Waals surface area contributed by atoms with E-state index in [2.05, 4.69) is 35.0 Å². The molecule has 0 aliphatic heterocycles. The summed E-state index contributed by atoms with van der Waals surface area (Å²) in [5.41, 5.74) is 0. The molecule has 7 atom stereocenters. The number of carbonyl (C=O) groups is 3. The van der Waals surface area contributed by atoms with Gasteiger partial charge in [0, 0.05) is 25.2 Å². The average molecular weight is 927 g/mol. The van der Waals surface area contributed by atoms with Crippen LogP contribution in [0, 0.1) is 11.8 Å². The maximum atomic E-state index is 12.8. The predicted octanol–water partition coefficient (Wildman–Crippen LogP) is 8.49. The largest absolute Gasteiger partial charge is 0.472 e. The standard InChI is InChI=1S/C44H80O16P2/c1-3-5-7-8-9-10-11-12-13-14-15-16-17-18-23-27-43(49)56-34-38(35-59-62(54,55)58-33-37(46)32-57-61(51,52)53)60-44(50)28-24-20-19-22-26-39-40(42(48)31-41(39)47)30-29-36(45)25-21-6-4-2/h10-11,29-30,36-41,45-47H,3-9,12-28,31-35H2,1-2H3,(H,54,55)(H2,51,52,53)/b11-10-,30-29+/t36-,37-,38+,39+,40+,41-/m0/s1. The number of rotatable bonds is 40. The zero-order valence-corrected chi connectivity index (χ0v) is 39.2. The highest BCUT2D eigenvalue weighted by Crippen LogP contribution is 2.44. The number of Topliss-reactive ketones (excluding diaryl/α,β-unsaturated/α-hetero) is 1. The van der Waals surface area contributed by atoms with Crippen LogP contribution in [0.25, 0.3) is 0 Å². The number of phosphoric ester groups is 2. The highest BCUT2D eigenvalue weighted by molar-refractivity contribution is 7.47. The molecule has 0 amide bonds. The average Bonchev–Trinajstić information content (AvgIpc) is 3.49. The molecule has 18 heteroatoms. The number of unbranched alkanes of at least 4 members (excludes halogenated alkanes) is 16. The Bertz CT molecular complexity index is 1350. The lowest BCUT2D eigenvalue weighted by atomic mass is 9.88. The van der Waals surface area contributed by atoms with Gasteiger partial charge in [0.05, 0.1) is 32.0 Å². The minimum Gasteiger partial charge on any atom is -0.462 e. The second-order valence-corrected chi connectivity index (χ2v) is 19.2. The molecule has 1 fully saturated rings. The van der Waals surface area contributed by atoms with E-state index in [4.69, 9.17) is 23.8 Å². The quantitative estimate of drug-likeness (QED) is 0.0146. The summed E-state index contributed by atoms with van der Waals surface area (Å²) < 4.78 is 47.8. The molecule has 0 bridgehead atoms. The van der Waals surface area contributed by atoms with Crippen LogP contribution in [0.3, 0.4) is 0 Å². The molecule has 362 valence electrons. The molecule has 0 aromatic rings. The molecule has 0 radical (unpaired) electrons. The molecule has 0 heterocycles. The van der Waals surface area contributed by atoms with Crippen LogP contribution in [0.15, 0.2) is 24.3 Å². The summed E-state index contributed by atoms with van der Waals surface area (Å²) in [5.74, 6) is -1.91. The molecule has 1 unspecified atom stereocenters. The fourth-order valence-corrected chi connectivity index (χ4v) is 8.29. The van der Waals surface area contributed by atoms with Crippen LogP contribution >= 0.6 is 15.6 Å². The van der Waals surface area contributed by atoms with Crippen molar-refractivity contribution in [3.63, 3.8) is 0 Å². The highest BCUT2D eigenvalue weighted by Gasteiger charge is 2.39. The van der Waals surface area contributed by atoms with Gasteiger partial charge in [0.15, 0.2) is 6.10 Å². The fourth-order valence-electron chi connectivity index (χ4n) is 7.13. The number of hydrogen-bond donors (Lipinski definition) is 6. The maximum absolute atomic E-state index is 12.8. The van der Waals surface area contributed by atoms with Gasteiger partial charge in [-0.3, -0.25) is 28.0 Å². The monoisotopic (exact) mass is 926 g/mol. The van der Waals surface area contributed by atoms with Crippen LogP contribution in [0.1, 0.15) is 174 Å². The van der Waals surface area contributed by atoms with Crippen molar-refractivity contribution in [2.45, 2.75) is 199 Å². The first-order valence-corrected chi connectivity index (χ1v) is 26.2. The third-order valence-corrected chi connectivity index (χ3v) is 12.1. The van der Waals surface area contributed by atoms with Gasteiger partial charge in [0.2, 0.25) is 0 Å². The first-order valence-electron chi connectivity index (χ1n) is 23.1. The smallest absolute Gasteiger partial charge is 0.462 e. The molecule has 1 saturated carbocycles. The number of esters is 2. The molecule has 62 heavy (non-hydrogen) atoms. The van der Waals surface area contributed by atoms with Crippen molar-refractivity contribution in [2.75, 3.05) is 26.4 Å². The molecular formula is C44H80O16P2. The summed E-state index contributed by atoms with van der Waals surface area (Å²) in [5, 5.41) is 30.6. The van der Waals surface area contributed by atoms with E-state index in [0.717, 1.165) is 64.2 Å². The summed E-state index contributed by atoms with van der Waals surface area (Å²) >= 11 is 0. The van der Waals surface area contributed by atoms with Crippen molar-refractivity contribution in [1.29, 1.82) is 0 Å². The van der Waals surface area contributed by atoms with Gasteiger partial charge in [-0.1, -0.05) is 128 Å². The Balaban J connectivity index is 2.53. The Kier molecular flexibility index (Phi) is 33.3. The number of carbonyl (C=O) groups excluding carboxylic acids is 3. The Morgan fingerprint density at radius 2 is 1.23 bits per heavy atom. The van der Waals surface area contributed by atoms with Crippen molar-refractivity contribution in [1.82, 2.24) is 0 Å². The van der Waals surface area contributed by atoms with E-state index in [0.29, 0.717) is 38.5 Å². The summed E-state index contributed by atoms with van der Waals surface area (Å²) in [4.78, 5) is 65.5. The number of hydrogen-bond acceptors (Lipinski definition) is 13. The van der Waals surface area contributed by atoms with Crippen LogP contribution < -0.4 is 0 Å². The first kappa shape index (κ1) is 58.2. The summed E-state index contributed by atoms with van der Waals surface area (Å²) in [6.07, 6.45) is 25.0. The van der Waals surface area contributed by atoms with Crippen LogP contribution in [0.2, 0.25) is 0 Å². The van der Waals surface area contributed by atoms with E-state index < -0.39 is 84.3 Å². The highest BCUT2D eigenvalue weighted by atomic mass is 31.2. The summed E-state index contributed by atoms with van der Waals surface area (Å²) in [6, 6.07) is 0. The van der Waals surface area contributed by atoms with Crippen molar-refractivity contribution in [2.24, 2.45) is 11.8 Å². The first-order chi connectivity index (χ1) is 29.6. The lowest BCUT2D eigenvalue weighted by molar-refractivity contribution is -0.161. The van der Waals surface area contributed by atoms with Gasteiger partial charge in [-0.05, 0) is 57.3 Å². The molecule has 1 rings (SSSR count). The Morgan fingerprint density at radius 1 is 0.694 bits per heavy atom. The van der Waals surface area contributed by atoms with Crippen molar-refractivity contribution < 1.29 is 76.6 Å². The number of ketones is 1. The minimum atomic E-state index is -4.90. The third-order valence-electron chi connectivity index (χ3n) is 10.7. The van der Waals surface area contributed by atoms with E-state index in [1.807, 2.05) is 0 Å². The molecule has 1 aliphatic carbocycles. The van der Waals surface area contributed by atoms with E-state index in [-0.39, 0.29) is 31.0 Å². The normalized spacial score (nSPS) is 19.5. The second-order valence-electron chi connectivity index (χ2n) is 16.5. The van der Waals surface area contributed by atoms with Crippen molar-refractivity contribution >= 4 is 33.4 Å². The third kappa shape index (κ3) is 31.9. The van der Waals surface area contributed by atoms with E-state index in [1.165, 1.54) is 38.5 Å². The molecule has 16 nitrogen and oxygen atoms in total. The van der Waals surface area contributed by atoms with Gasteiger partial charge < -0.3 is 39.5 Å². The molecule has 6 N–H and O–H groups in total. The number of allylic oxidation sites excluding steroid dienone is 3. The zero-order valence-electron chi connectivity index (χ0n) is 37.4. The molecular weight excluding hydrogens is 846 g/mol. The number of phosphoric acid groups is 2. The zero-order chi connectivity index (χ0) is 46.1. The van der Waals surface area contributed by atoms with E-state index in [1.54, 1.807) is 12.2 Å². The van der Waals surface area contributed by atoms with Crippen molar-refractivity contribution in [3.05, 3.63) is 24.3 Å². The van der Waals surface area contributed by atoms with Gasteiger partial charge in [-0.15, -0.1) is 0 Å². The van der Waals surface area contributed by atoms with Crippen LogP contribution in [0.5, 0.6) is 0 Å². The Morgan fingerprint density at radius 3 is 1.85 bits per heavy atom. The molecule has 0 aromatic carbocycles. The minimum absolute atomic E-state index is 0.00879. The number of aliphatic hydroxyl groups excluding tert-OH is 3. The Labute approximate surface area is 370 Å². The van der Waals surface area contributed by atoms with Crippen LogP contribution in [-0.2, 0) is 46.6 Å². The number of aliphatic hydroxyl groups is 3. The SMILES string of the molecule is CCCCCC/C=C\CCCCCCCCCC(=O)OC[C@H](COP(=O)(O)OC[C@@H](O)COP(=O)(O)O)OC(=O)CCCCCC[C@H]1[C@@H](O)CC(=O)[C@@H]1/C=C/[C@@H](O)CCCCC. The van der Waals surface area contributed by atoms with Gasteiger partial charge in [-0.2, -0.15) is 0 Å². The van der Waals surface area contributed by atoms with Gasteiger partial charge >= 0.3 is 27.6 Å². The van der Waals surface area contributed by atoms with Gasteiger partial charge in [0.25, 0.3) is 0 Å². The van der Waals surface area contributed by atoms with Crippen molar-refractivity contribution in [3.8, 4) is 0 Å². The van der Waals surface area contributed by atoms with E-state index >= 15 is 0 Å². The molecule has 0 aromatic heterocycles. The summed E-state index contributed by atoms with van der Waals surface area (Å²) in [7, 11) is -9.77. The van der Waals surface area contributed by atoms with Gasteiger partial charge in [-0.25, -0.2) is 9.13 Å². The molecule has 0 spiro atoms. The molecule has 0 saturated heterocycles. The maximum Gasteiger partial charge on any atom is 0.472 e. The summed E-state index contributed by atoms with van der Waals surface area (Å²) in [6.45, 7) is 1.38. The van der Waals surface area contributed by atoms with Crippen LogP contribution in [0.4, 0.5) is 0 Å². The molecule has 1 aliphatic rings. The van der Waals surface area contributed by atoms with Crippen LogP contribution in [-0.4, -0.2) is 98.6 Å². The Hall–Kier alpha value is -1.81. The lowest BCUT2D eigenvalue weighted by Gasteiger charge is -2.20. The van der Waals surface area contributed by atoms with E-state index in [9.17, 15) is 43.7 Å². The lowest BCUT2D eigenvalue weighted by Crippen LogP contribution is -2.30. The second kappa shape index (κ2) is 35.5.